The molecule has 0 saturated carbocycles. The Morgan fingerprint density at radius 1 is 1.23 bits per heavy atom. The van der Waals surface area contributed by atoms with E-state index in [-0.39, 0.29) is 5.60 Å². The molecule has 0 radical (unpaired) electrons. The summed E-state index contributed by atoms with van der Waals surface area (Å²) < 4.78 is 12.5. The molecule has 0 amide bonds. The number of hydrogen-bond acceptors (Lipinski definition) is 8. The number of methoxy groups -OCH3 is 1. The molecule has 8 heteroatoms. The van der Waals surface area contributed by atoms with Crippen molar-refractivity contribution in [2.24, 2.45) is 0 Å². The van der Waals surface area contributed by atoms with Crippen molar-refractivity contribution in [2.45, 2.75) is 51.7 Å². The number of aromatic nitrogens is 3. The lowest BCUT2D eigenvalue weighted by Gasteiger charge is -2.34. The normalized spacial score (nSPS) is 18.3. The van der Waals surface area contributed by atoms with E-state index in [9.17, 15) is 0 Å². The largest absolute Gasteiger partial charge is 0.385 e. The van der Waals surface area contributed by atoms with Crippen LogP contribution >= 0.6 is 11.3 Å². The predicted molar refractivity (Wildman–Crippen MR) is 122 cm³/mol. The van der Waals surface area contributed by atoms with Gasteiger partial charge >= 0.3 is 0 Å². The fourth-order valence-corrected chi connectivity index (χ4v) is 5.65. The van der Waals surface area contributed by atoms with E-state index in [0.717, 1.165) is 65.8 Å². The molecule has 5 heterocycles. The molecule has 1 N–H and O–H groups in total. The first kappa shape index (κ1) is 19.9. The number of rotatable bonds is 6. The molecule has 1 saturated heterocycles. The van der Waals surface area contributed by atoms with Crippen LogP contribution in [0.5, 0.6) is 0 Å². The second kappa shape index (κ2) is 7.90. The zero-order valence-corrected chi connectivity index (χ0v) is 18.8. The topological polar surface area (TPSA) is 72.4 Å². The fraction of sp³-hybridized carbons (Fsp3) is 0.591. The zero-order chi connectivity index (χ0) is 20.7. The van der Waals surface area contributed by atoms with Gasteiger partial charge in [0.05, 0.1) is 22.4 Å². The molecule has 0 aliphatic carbocycles. The number of thiophene rings is 1. The first-order valence-corrected chi connectivity index (χ1v) is 11.6. The predicted octanol–water partition coefficient (Wildman–Crippen LogP) is 4.14. The molecule has 0 bridgehead atoms. The highest BCUT2D eigenvalue weighted by Crippen LogP contribution is 2.44. The SMILES string of the molecule is COCCCNc1ncnc2c1sc1nc(N3CCCC3)c3c(c12)CC(C)(C)OC3. The molecular formula is C22H29N5O2S. The van der Waals surface area contributed by atoms with Crippen molar-refractivity contribution in [2.75, 3.05) is 43.6 Å². The molecule has 7 nitrogen and oxygen atoms in total. The van der Waals surface area contributed by atoms with Gasteiger partial charge in [-0.1, -0.05) is 0 Å². The van der Waals surface area contributed by atoms with E-state index in [1.165, 1.54) is 29.4 Å². The molecule has 0 atom stereocenters. The average Bonchev–Trinajstić information content (AvgIpc) is 3.38. The van der Waals surface area contributed by atoms with Crippen LogP contribution in [0.3, 0.4) is 0 Å². The molecule has 2 aliphatic heterocycles. The van der Waals surface area contributed by atoms with Gasteiger partial charge in [0.25, 0.3) is 0 Å². The van der Waals surface area contributed by atoms with E-state index >= 15 is 0 Å². The van der Waals surface area contributed by atoms with Gasteiger partial charge in [-0.05, 0) is 38.7 Å². The third-order valence-electron chi connectivity index (χ3n) is 6.03. The molecule has 3 aromatic rings. The van der Waals surface area contributed by atoms with Crippen molar-refractivity contribution in [1.29, 1.82) is 0 Å². The summed E-state index contributed by atoms with van der Waals surface area (Å²) in [6.07, 6.45) is 5.93. The number of hydrogen-bond donors (Lipinski definition) is 1. The molecule has 0 aromatic carbocycles. The number of fused-ring (bicyclic) bond motifs is 5. The molecule has 2 aliphatic rings. The number of nitrogens with one attached hydrogen (secondary N) is 1. The van der Waals surface area contributed by atoms with Crippen LogP contribution < -0.4 is 10.2 Å². The first-order chi connectivity index (χ1) is 14.6. The van der Waals surface area contributed by atoms with Crippen molar-refractivity contribution >= 4 is 43.4 Å². The minimum absolute atomic E-state index is 0.188. The van der Waals surface area contributed by atoms with Gasteiger partial charge in [-0.15, -0.1) is 11.3 Å². The van der Waals surface area contributed by atoms with Gasteiger partial charge in [-0.2, -0.15) is 0 Å². The third-order valence-corrected chi connectivity index (χ3v) is 7.11. The smallest absolute Gasteiger partial charge is 0.147 e. The maximum absolute atomic E-state index is 6.21. The van der Waals surface area contributed by atoms with Crippen LogP contribution in [0.1, 0.15) is 44.2 Å². The average molecular weight is 428 g/mol. The van der Waals surface area contributed by atoms with E-state index in [2.05, 4.69) is 29.0 Å². The van der Waals surface area contributed by atoms with Crippen molar-refractivity contribution < 1.29 is 9.47 Å². The van der Waals surface area contributed by atoms with Crippen molar-refractivity contribution in [3.8, 4) is 0 Å². The molecule has 1 fully saturated rings. The van der Waals surface area contributed by atoms with Crippen molar-refractivity contribution in [3.63, 3.8) is 0 Å². The minimum atomic E-state index is -0.188. The Morgan fingerprint density at radius 3 is 2.87 bits per heavy atom. The van der Waals surface area contributed by atoms with Crippen molar-refractivity contribution in [1.82, 2.24) is 15.0 Å². The fourth-order valence-electron chi connectivity index (χ4n) is 4.53. The lowest BCUT2D eigenvalue weighted by Crippen LogP contribution is -2.33. The van der Waals surface area contributed by atoms with Gasteiger partial charge in [0.15, 0.2) is 0 Å². The van der Waals surface area contributed by atoms with Gasteiger partial charge in [-0.25, -0.2) is 15.0 Å². The van der Waals surface area contributed by atoms with E-state index in [1.54, 1.807) is 24.8 Å². The minimum Gasteiger partial charge on any atom is -0.385 e. The second-order valence-electron chi connectivity index (χ2n) is 8.77. The van der Waals surface area contributed by atoms with Gasteiger partial charge < -0.3 is 19.7 Å². The van der Waals surface area contributed by atoms with Crippen LogP contribution in [0.15, 0.2) is 6.33 Å². The maximum Gasteiger partial charge on any atom is 0.147 e. The van der Waals surface area contributed by atoms with Gasteiger partial charge in [-0.3, -0.25) is 0 Å². The molecule has 3 aromatic heterocycles. The van der Waals surface area contributed by atoms with Gasteiger partial charge in [0.1, 0.15) is 22.8 Å². The quantitative estimate of drug-likeness (QED) is 0.593. The summed E-state index contributed by atoms with van der Waals surface area (Å²) in [4.78, 5) is 17.9. The van der Waals surface area contributed by atoms with E-state index < -0.39 is 0 Å². The Morgan fingerprint density at radius 2 is 2.07 bits per heavy atom. The third kappa shape index (κ3) is 3.50. The highest BCUT2D eigenvalue weighted by molar-refractivity contribution is 7.26. The first-order valence-electron chi connectivity index (χ1n) is 10.8. The van der Waals surface area contributed by atoms with E-state index in [0.29, 0.717) is 6.61 Å². The lowest BCUT2D eigenvalue weighted by molar-refractivity contribution is -0.0395. The maximum atomic E-state index is 6.21. The highest BCUT2D eigenvalue weighted by atomic mass is 32.1. The highest BCUT2D eigenvalue weighted by Gasteiger charge is 2.33. The van der Waals surface area contributed by atoms with Crippen LogP contribution in [0.25, 0.3) is 20.4 Å². The number of anilines is 2. The van der Waals surface area contributed by atoms with Gasteiger partial charge in [0.2, 0.25) is 0 Å². The molecule has 5 rings (SSSR count). The number of ether oxygens (including phenoxy) is 2. The Balaban J connectivity index is 1.66. The second-order valence-corrected chi connectivity index (χ2v) is 9.77. The Bertz CT molecular complexity index is 1070. The Kier molecular flexibility index (Phi) is 5.24. The molecule has 160 valence electrons. The van der Waals surface area contributed by atoms with Crippen LogP contribution in [0.2, 0.25) is 0 Å². The summed E-state index contributed by atoms with van der Waals surface area (Å²) in [6, 6.07) is 0. The Labute approximate surface area is 180 Å². The lowest BCUT2D eigenvalue weighted by atomic mass is 9.90. The van der Waals surface area contributed by atoms with Crippen LogP contribution in [0, 0.1) is 0 Å². The van der Waals surface area contributed by atoms with Crippen LogP contribution in [-0.4, -0.2) is 53.9 Å². The summed E-state index contributed by atoms with van der Waals surface area (Å²) in [6.45, 7) is 8.66. The van der Waals surface area contributed by atoms with Crippen LogP contribution in [-0.2, 0) is 22.5 Å². The molecule has 0 spiro atoms. The summed E-state index contributed by atoms with van der Waals surface area (Å²) in [5.74, 6) is 2.00. The van der Waals surface area contributed by atoms with E-state index in [1.807, 2.05) is 0 Å². The summed E-state index contributed by atoms with van der Waals surface area (Å²) in [5.41, 5.74) is 3.42. The monoisotopic (exact) mass is 427 g/mol. The summed E-state index contributed by atoms with van der Waals surface area (Å²) >= 11 is 1.70. The number of pyridine rings is 1. The molecular weight excluding hydrogens is 398 g/mol. The standard InChI is InChI=1S/C22H29N5O2S/c1-22(2)11-14-15(12-29-22)20(27-8-4-5-9-27)26-21-16(14)17-18(30-21)19(25-13-24-17)23-7-6-10-28-3/h13H,4-12H2,1-3H3,(H,23,24,25). The summed E-state index contributed by atoms with van der Waals surface area (Å²) in [7, 11) is 1.73. The summed E-state index contributed by atoms with van der Waals surface area (Å²) in [5, 5.41) is 4.65. The van der Waals surface area contributed by atoms with Gasteiger partial charge in [0, 0.05) is 50.7 Å². The zero-order valence-electron chi connectivity index (χ0n) is 18.0. The van der Waals surface area contributed by atoms with Crippen molar-refractivity contribution in [3.05, 3.63) is 17.5 Å². The molecule has 30 heavy (non-hydrogen) atoms. The van der Waals surface area contributed by atoms with E-state index in [4.69, 9.17) is 19.4 Å². The number of nitrogens with zero attached hydrogens (tertiary/aromatic N) is 4. The molecule has 0 unspecified atom stereocenters. The van der Waals surface area contributed by atoms with Crippen LogP contribution in [0.4, 0.5) is 11.6 Å². The Hall–Kier alpha value is -2.03.